The van der Waals surface area contributed by atoms with Gasteiger partial charge in [0, 0.05) is 5.56 Å². The molecule has 0 saturated carbocycles. The molecule has 1 aliphatic rings. The summed E-state index contributed by atoms with van der Waals surface area (Å²) in [5.74, 6) is -0.103. The summed E-state index contributed by atoms with van der Waals surface area (Å²) in [7, 11) is -0.588. The van der Waals surface area contributed by atoms with Gasteiger partial charge in [0.05, 0.1) is 24.4 Å². The van der Waals surface area contributed by atoms with Crippen molar-refractivity contribution >= 4 is 19.0 Å². The van der Waals surface area contributed by atoms with Crippen molar-refractivity contribution in [1.82, 2.24) is 0 Å². The van der Waals surface area contributed by atoms with Gasteiger partial charge in [-0.25, -0.2) is 0 Å². The topological polar surface area (TPSA) is 81.8 Å². The van der Waals surface area contributed by atoms with E-state index in [1.54, 1.807) is 12.1 Å². The maximum Gasteiger partial charge on any atom is 0.492 e. The van der Waals surface area contributed by atoms with Gasteiger partial charge < -0.3 is 20.1 Å². The molecule has 1 aromatic carbocycles. The Kier molecular flexibility index (Phi) is 5.11. The monoisotopic (exact) mass is 317 g/mol. The lowest BCUT2D eigenvalue weighted by Gasteiger charge is -2.32. The molecule has 124 valence electrons. The van der Waals surface area contributed by atoms with E-state index < -0.39 is 18.3 Å². The largest absolute Gasteiger partial charge is 0.492 e. The van der Waals surface area contributed by atoms with Crippen LogP contribution in [0.25, 0.3) is 6.08 Å². The SMILES string of the molecule is CC1(C)OB(C(=Cc2ccc(C(=O)CN)cc2)CO)OC1(C)C. The van der Waals surface area contributed by atoms with Crippen LogP contribution >= 0.6 is 0 Å². The van der Waals surface area contributed by atoms with Gasteiger partial charge in [-0.2, -0.15) is 0 Å². The zero-order valence-electron chi connectivity index (χ0n) is 14.1. The molecule has 6 heteroatoms. The van der Waals surface area contributed by atoms with Gasteiger partial charge in [0.15, 0.2) is 5.78 Å². The molecule has 1 aromatic rings. The Bertz CT molecular complexity index is 592. The smallest absolute Gasteiger partial charge is 0.400 e. The molecule has 0 spiro atoms. The number of aliphatic hydroxyl groups is 1. The second-order valence-corrected chi connectivity index (χ2v) is 6.71. The van der Waals surface area contributed by atoms with Crippen LogP contribution in [0.3, 0.4) is 0 Å². The van der Waals surface area contributed by atoms with Crippen molar-refractivity contribution in [1.29, 1.82) is 0 Å². The fraction of sp³-hybridized carbons (Fsp3) is 0.471. The van der Waals surface area contributed by atoms with E-state index in [4.69, 9.17) is 15.0 Å². The summed E-state index contributed by atoms with van der Waals surface area (Å²) in [5, 5.41) is 9.67. The Balaban J connectivity index is 2.21. The molecule has 0 amide bonds. The van der Waals surface area contributed by atoms with Crippen LogP contribution in [-0.4, -0.2) is 42.4 Å². The van der Waals surface area contributed by atoms with Crippen LogP contribution in [0.4, 0.5) is 0 Å². The molecule has 23 heavy (non-hydrogen) atoms. The molecule has 0 radical (unpaired) electrons. The summed E-state index contributed by atoms with van der Waals surface area (Å²) in [6.45, 7) is 7.69. The third kappa shape index (κ3) is 3.72. The fourth-order valence-electron chi connectivity index (χ4n) is 2.28. The molecule has 5 nitrogen and oxygen atoms in total. The van der Waals surface area contributed by atoms with E-state index >= 15 is 0 Å². The van der Waals surface area contributed by atoms with Crippen LogP contribution in [0, 0.1) is 0 Å². The molecule has 0 aliphatic carbocycles. The van der Waals surface area contributed by atoms with Gasteiger partial charge in [-0.1, -0.05) is 30.3 Å². The number of carbonyl (C=O) groups is 1. The zero-order chi connectivity index (χ0) is 17.3. The van der Waals surface area contributed by atoms with Crippen molar-refractivity contribution in [3.05, 3.63) is 40.9 Å². The molecule has 1 fully saturated rings. The first kappa shape index (κ1) is 17.9. The molecule has 0 aromatic heterocycles. The summed E-state index contributed by atoms with van der Waals surface area (Å²) in [6, 6.07) is 7.06. The third-order valence-corrected chi connectivity index (χ3v) is 4.51. The lowest BCUT2D eigenvalue weighted by atomic mass is 9.77. The number of hydrogen-bond donors (Lipinski definition) is 2. The quantitative estimate of drug-likeness (QED) is 0.640. The fourth-order valence-corrected chi connectivity index (χ4v) is 2.28. The summed E-state index contributed by atoms with van der Waals surface area (Å²) in [6.07, 6.45) is 1.82. The second-order valence-electron chi connectivity index (χ2n) is 6.71. The van der Waals surface area contributed by atoms with Gasteiger partial charge >= 0.3 is 7.12 Å². The van der Waals surface area contributed by atoms with Gasteiger partial charge in [0.2, 0.25) is 0 Å². The summed E-state index contributed by atoms with van der Waals surface area (Å²) >= 11 is 0. The number of hydrogen-bond acceptors (Lipinski definition) is 5. The highest BCUT2D eigenvalue weighted by atomic mass is 16.7. The van der Waals surface area contributed by atoms with E-state index in [0.29, 0.717) is 11.0 Å². The standard InChI is InChI=1S/C17H24BNO4/c1-16(2)17(3,4)23-18(22-16)14(11-20)9-12-5-7-13(8-6-12)15(21)10-19/h5-9,20H,10-11,19H2,1-4H3. The minimum absolute atomic E-state index is 0.00893. The van der Waals surface area contributed by atoms with Crippen molar-refractivity contribution in [3.8, 4) is 0 Å². The molecule has 0 bridgehead atoms. The first-order valence-electron chi connectivity index (χ1n) is 7.70. The number of aliphatic hydroxyl groups excluding tert-OH is 1. The van der Waals surface area contributed by atoms with Crippen LogP contribution in [0.15, 0.2) is 29.7 Å². The molecular formula is C17H24BNO4. The van der Waals surface area contributed by atoms with Crippen LogP contribution < -0.4 is 5.73 Å². The highest BCUT2D eigenvalue weighted by molar-refractivity contribution is 6.55. The highest BCUT2D eigenvalue weighted by Gasteiger charge is 2.52. The molecule has 1 saturated heterocycles. The Morgan fingerprint density at radius 2 is 1.70 bits per heavy atom. The maximum atomic E-state index is 11.5. The molecule has 0 atom stereocenters. The Morgan fingerprint density at radius 1 is 1.17 bits per heavy atom. The summed E-state index contributed by atoms with van der Waals surface area (Å²) in [4.78, 5) is 11.5. The van der Waals surface area contributed by atoms with Crippen molar-refractivity contribution in [2.75, 3.05) is 13.2 Å². The molecule has 1 heterocycles. The van der Waals surface area contributed by atoms with E-state index in [9.17, 15) is 9.90 Å². The van der Waals surface area contributed by atoms with Crippen molar-refractivity contribution in [2.24, 2.45) is 5.73 Å². The zero-order valence-corrected chi connectivity index (χ0v) is 14.1. The Hall–Kier alpha value is -1.47. The average molecular weight is 317 g/mol. The molecule has 2 rings (SSSR count). The number of nitrogens with two attached hydrogens (primary N) is 1. The normalized spacial score (nSPS) is 19.9. The Morgan fingerprint density at radius 3 is 2.13 bits per heavy atom. The average Bonchev–Trinajstić information content (AvgIpc) is 2.72. The Labute approximate surface area is 137 Å². The lowest BCUT2D eigenvalue weighted by molar-refractivity contribution is 0.00578. The number of rotatable bonds is 5. The predicted octanol–water partition coefficient (Wildman–Crippen LogP) is 1.84. The van der Waals surface area contributed by atoms with Gasteiger partial charge in [-0.15, -0.1) is 0 Å². The first-order chi connectivity index (χ1) is 10.7. The lowest BCUT2D eigenvalue weighted by Crippen LogP contribution is -2.41. The summed E-state index contributed by atoms with van der Waals surface area (Å²) in [5.41, 5.74) is 6.51. The number of Topliss-reactive ketones (excluding diaryl/α,β-unsaturated/α-hetero) is 1. The van der Waals surface area contributed by atoms with Gasteiger partial charge in [0.1, 0.15) is 0 Å². The number of ketones is 1. The van der Waals surface area contributed by atoms with E-state index in [1.165, 1.54) is 0 Å². The van der Waals surface area contributed by atoms with Crippen LogP contribution in [-0.2, 0) is 9.31 Å². The number of benzene rings is 1. The highest BCUT2D eigenvalue weighted by Crippen LogP contribution is 2.38. The maximum absolute atomic E-state index is 11.5. The van der Waals surface area contributed by atoms with Crippen LogP contribution in [0.5, 0.6) is 0 Å². The molecule has 3 N–H and O–H groups in total. The third-order valence-electron chi connectivity index (χ3n) is 4.51. The minimum Gasteiger partial charge on any atom is -0.400 e. The van der Waals surface area contributed by atoms with Crippen LogP contribution in [0.2, 0.25) is 0 Å². The van der Waals surface area contributed by atoms with E-state index in [1.807, 2.05) is 45.9 Å². The van der Waals surface area contributed by atoms with Gasteiger partial charge in [-0.3, -0.25) is 4.79 Å². The van der Waals surface area contributed by atoms with E-state index in [2.05, 4.69) is 0 Å². The van der Waals surface area contributed by atoms with Crippen LogP contribution in [0.1, 0.15) is 43.6 Å². The molecular weight excluding hydrogens is 293 g/mol. The van der Waals surface area contributed by atoms with Crippen molar-refractivity contribution in [2.45, 2.75) is 38.9 Å². The van der Waals surface area contributed by atoms with Gasteiger partial charge in [-0.05, 0) is 38.7 Å². The van der Waals surface area contributed by atoms with E-state index in [0.717, 1.165) is 5.56 Å². The molecule has 0 unspecified atom stereocenters. The second kappa shape index (κ2) is 6.57. The van der Waals surface area contributed by atoms with Gasteiger partial charge in [0.25, 0.3) is 0 Å². The minimum atomic E-state index is -0.588. The summed E-state index contributed by atoms with van der Waals surface area (Å²) < 4.78 is 11.9. The predicted molar refractivity (Wildman–Crippen MR) is 91.0 cm³/mol. The first-order valence-corrected chi connectivity index (χ1v) is 7.70. The van der Waals surface area contributed by atoms with Crippen molar-refractivity contribution in [3.63, 3.8) is 0 Å². The number of carbonyl (C=O) groups excluding carboxylic acids is 1. The van der Waals surface area contributed by atoms with E-state index in [-0.39, 0.29) is 18.9 Å². The molecule has 1 aliphatic heterocycles. The van der Waals surface area contributed by atoms with Crippen molar-refractivity contribution < 1.29 is 19.2 Å².